The Hall–Kier alpha value is -2.87. The van der Waals surface area contributed by atoms with Crippen LogP contribution < -0.4 is 9.62 Å². The number of anilines is 1. The number of amides is 2. The Morgan fingerprint density at radius 3 is 2.19 bits per heavy atom. The minimum atomic E-state index is -3.72. The van der Waals surface area contributed by atoms with Gasteiger partial charge < -0.3 is 10.2 Å². The second-order valence-corrected chi connectivity index (χ2v) is 9.84. The van der Waals surface area contributed by atoms with E-state index in [2.05, 4.69) is 5.32 Å². The van der Waals surface area contributed by atoms with Gasteiger partial charge in [0.25, 0.3) is 0 Å². The predicted molar refractivity (Wildman–Crippen MR) is 128 cm³/mol. The van der Waals surface area contributed by atoms with Gasteiger partial charge in [0.2, 0.25) is 21.8 Å². The van der Waals surface area contributed by atoms with Crippen LogP contribution in [0, 0.1) is 13.8 Å². The molecule has 0 saturated heterocycles. The van der Waals surface area contributed by atoms with E-state index in [4.69, 9.17) is 0 Å². The van der Waals surface area contributed by atoms with Crippen molar-refractivity contribution in [2.45, 2.75) is 46.7 Å². The largest absolute Gasteiger partial charge is 0.355 e. The van der Waals surface area contributed by atoms with Crippen LogP contribution in [0.2, 0.25) is 0 Å². The fourth-order valence-corrected chi connectivity index (χ4v) is 4.34. The number of carbonyl (C=O) groups excluding carboxylic acids is 2. The van der Waals surface area contributed by atoms with Crippen molar-refractivity contribution in [1.82, 2.24) is 10.2 Å². The number of nitrogens with zero attached hydrogens (tertiary/aromatic N) is 2. The van der Waals surface area contributed by atoms with Crippen molar-refractivity contribution in [2.75, 3.05) is 23.7 Å². The Kier molecular flexibility index (Phi) is 8.83. The van der Waals surface area contributed by atoms with Crippen molar-refractivity contribution in [2.24, 2.45) is 0 Å². The van der Waals surface area contributed by atoms with Gasteiger partial charge in [-0.15, -0.1) is 0 Å². The van der Waals surface area contributed by atoms with Gasteiger partial charge in [0.05, 0.1) is 11.9 Å². The van der Waals surface area contributed by atoms with Gasteiger partial charge in [0, 0.05) is 13.1 Å². The number of rotatable bonds is 10. The van der Waals surface area contributed by atoms with Gasteiger partial charge in [-0.25, -0.2) is 8.42 Å². The molecule has 32 heavy (non-hydrogen) atoms. The van der Waals surface area contributed by atoms with Crippen LogP contribution in [0.25, 0.3) is 0 Å². The first-order chi connectivity index (χ1) is 15.1. The maximum atomic E-state index is 13.5. The molecule has 0 bridgehead atoms. The summed E-state index contributed by atoms with van der Waals surface area (Å²) in [6, 6.07) is 14.0. The average Bonchev–Trinajstić information content (AvgIpc) is 2.72. The normalized spacial score (nSPS) is 12.2. The molecule has 0 aliphatic carbocycles. The van der Waals surface area contributed by atoms with E-state index in [9.17, 15) is 18.0 Å². The molecular formula is C24H33N3O4S. The van der Waals surface area contributed by atoms with Crippen LogP contribution in [-0.2, 0) is 26.2 Å². The maximum absolute atomic E-state index is 13.5. The number of carbonyl (C=O) groups is 2. The first kappa shape index (κ1) is 25.4. The number of sulfonamides is 1. The third-order valence-corrected chi connectivity index (χ3v) is 6.32. The molecule has 0 heterocycles. The number of aryl methyl sites for hydroxylation is 2. The van der Waals surface area contributed by atoms with E-state index in [0.29, 0.717) is 18.7 Å². The number of nitrogens with one attached hydrogen (secondary N) is 1. The number of hydrogen-bond acceptors (Lipinski definition) is 4. The number of likely N-dealkylation sites (N-methyl/N-ethyl adjacent to an activating group) is 1. The monoisotopic (exact) mass is 459 g/mol. The fraction of sp³-hybridized carbons (Fsp3) is 0.417. The van der Waals surface area contributed by atoms with Gasteiger partial charge in [0.15, 0.2) is 0 Å². The topological polar surface area (TPSA) is 86.8 Å². The molecule has 0 unspecified atom stereocenters. The summed E-state index contributed by atoms with van der Waals surface area (Å²) in [5.41, 5.74) is 3.26. The molecule has 2 aromatic carbocycles. The quantitative estimate of drug-likeness (QED) is 0.592. The molecule has 0 aromatic heterocycles. The van der Waals surface area contributed by atoms with Crippen molar-refractivity contribution in [3.8, 4) is 0 Å². The molecule has 0 saturated carbocycles. The Morgan fingerprint density at radius 2 is 1.66 bits per heavy atom. The van der Waals surface area contributed by atoms with Crippen LogP contribution in [0.15, 0.2) is 48.5 Å². The van der Waals surface area contributed by atoms with Crippen molar-refractivity contribution in [3.05, 3.63) is 65.2 Å². The molecule has 8 heteroatoms. The Balaban J connectivity index is 2.42. The summed E-state index contributed by atoms with van der Waals surface area (Å²) in [6.07, 6.45) is 1.49. The van der Waals surface area contributed by atoms with Crippen LogP contribution in [0.4, 0.5) is 5.69 Å². The van der Waals surface area contributed by atoms with Crippen LogP contribution in [0.1, 0.15) is 37.0 Å². The molecule has 1 N–H and O–H groups in total. The lowest BCUT2D eigenvalue weighted by atomic mass is 10.1. The fourth-order valence-electron chi connectivity index (χ4n) is 3.50. The highest BCUT2D eigenvalue weighted by Crippen LogP contribution is 2.21. The summed E-state index contributed by atoms with van der Waals surface area (Å²) in [7, 11) is -3.72. The second kappa shape index (κ2) is 11.1. The summed E-state index contributed by atoms with van der Waals surface area (Å²) in [5, 5.41) is 2.78. The zero-order valence-electron chi connectivity index (χ0n) is 19.5. The Bertz CT molecular complexity index is 1040. The summed E-state index contributed by atoms with van der Waals surface area (Å²) in [5.74, 6) is -0.687. The Morgan fingerprint density at radius 1 is 1.00 bits per heavy atom. The summed E-state index contributed by atoms with van der Waals surface area (Å²) in [4.78, 5) is 27.7. The lowest BCUT2D eigenvalue weighted by Crippen LogP contribution is -2.52. The second-order valence-electron chi connectivity index (χ2n) is 7.93. The highest BCUT2D eigenvalue weighted by Gasteiger charge is 2.31. The zero-order valence-corrected chi connectivity index (χ0v) is 20.3. The van der Waals surface area contributed by atoms with Crippen molar-refractivity contribution in [3.63, 3.8) is 0 Å². The SMILES string of the molecule is CCNC(=O)[C@H](CC)N(Cc1ccc(C)cc1)C(=O)CN(c1cccc(C)c1)S(C)(=O)=O. The molecule has 0 fully saturated rings. The molecular weight excluding hydrogens is 426 g/mol. The molecule has 0 spiro atoms. The summed E-state index contributed by atoms with van der Waals surface area (Å²) in [6.45, 7) is 7.76. The van der Waals surface area contributed by atoms with Gasteiger partial charge in [-0.1, -0.05) is 48.9 Å². The van der Waals surface area contributed by atoms with Crippen LogP contribution in [-0.4, -0.2) is 50.5 Å². The summed E-state index contributed by atoms with van der Waals surface area (Å²) < 4.78 is 26.2. The average molecular weight is 460 g/mol. The predicted octanol–water partition coefficient (Wildman–Crippen LogP) is 3.01. The summed E-state index contributed by atoms with van der Waals surface area (Å²) >= 11 is 0. The lowest BCUT2D eigenvalue weighted by Gasteiger charge is -2.32. The van der Waals surface area contributed by atoms with Gasteiger partial charge in [-0.05, 0) is 50.5 Å². The first-order valence-corrected chi connectivity index (χ1v) is 12.6. The minimum Gasteiger partial charge on any atom is -0.355 e. The molecule has 2 rings (SSSR count). The van der Waals surface area contributed by atoms with E-state index in [1.54, 1.807) is 18.2 Å². The smallest absolute Gasteiger partial charge is 0.244 e. The zero-order chi connectivity index (χ0) is 23.9. The molecule has 2 amide bonds. The van der Waals surface area contributed by atoms with E-state index in [-0.39, 0.29) is 19.0 Å². The molecule has 0 aliphatic rings. The van der Waals surface area contributed by atoms with Gasteiger partial charge >= 0.3 is 0 Å². The maximum Gasteiger partial charge on any atom is 0.244 e. The highest BCUT2D eigenvalue weighted by molar-refractivity contribution is 7.92. The van der Waals surface area contributed by atoms with Gasteiger partial charge in [-0.2, -0.15) is 0 Å². The lowest BCUT2D eigenvalue weighted by molar-refractivity contribution is -0.140. The third-order valence-electron chi connectivity index (χ3n) is 5.18. The molecule has 1 atom stereocenters. The Labute approximate surface area is 191 Å². The van der Waals surface area contributed by atoms with Crippen LogP contribution >= 0.6 is 0 Å². The van der Waals surface area contributed by atoms with Crippen molar-refractivity contribution >= 4 is 27.5 Å². The number of hydrogen-bond donors (Lipinski definition) is 1. The van der Waals surface area contributed by atoms with E-state index >= 15 is 0 Å². The van der Waals surface area contributed by atoms with E-state index in [1.165, 1.54) is 4.90 Å². The molecule has 174 valence electrons. The molecule has 0 radical (unpaired) electrons. The minimum absolute atomic E-state index is 0.209. The van der Waals surface area contributed by atoms with E-state index in [1.807, 2.05) is 58.0 Å². The van der Waals surface area contributed by atoms with Crippen molar-refractivity contribution < 1.29 is 18.0 Å². The first-order valence-electron chi connectivity index (χ1n) is 10.7. The van der Waals surface area contributed by atoms with Crippen LogP contribution in [0.5, 0.6) is 0 Å². The van der Waals surface area contributed by atoms with Crippen molar-refractivity contribution in [1.29, 1.82) is 0 Å². The standard InChI is InChI=1S/C24H33N3O4S/c1-6-22(24(29)25-7-2)26(16-20-13-11-18(3)12-14-20)23(28)17-27(32(5,30)31)21-10-8-9-19(4)15-21/h8-15,22H,6-7,16-17H2,1-5H3,(H,25,29)/t22-/m0/s1. The third kappa shape index (κ3) is 6.82. The van der Waals surface area contributed by atoms with Gasteiger partial charge in [0.1, 0.15) is 12.6 Å². The van der Waals surface area contributed by atoms with Crippen LogP contribution in [0.3, 0.4) is 0 Å². The molecule has 0 aliphatic heterocycles. The van der Waals surface area contributed by atoms with E-state index in [0.717, 1.165) is 27.3 Å². The van der Waals surface area contributed by atoms with Gasteiger partial charge in [-0.3, -0.25) is 13.9 Å². The molecule has 7 nitrogen and oxygen atoms in total. The molecule has 2 aromatic rings. The highest BCUT2D eigenvalue weighted by atomic mass is 32.2. The van der Waals surface area contributed by atoms with E-state index < -0.39 is 22.0 Å². The number of benzene rings is 2.